The van der Waals surface area contributed by atoms with Gasteiger partial charge in [-0.3, -0.25) is 4.79 Å². The summed E-state index contributed by atoms with van der Waals surface area (Å²) in [5.74, 6) is 3.03. The van der Waals surface area contributed by atoms with Gasteiger partial charge in [0.2, 0.25) is 0 Å². The summed E-state index contributed by atoms with van der Waals surface area (Å²) in [5.41, 5.74) is 0.546. The highest BCUT2D eigenvalue weighted by Gasteiger charge is 2.50. The molecular weight excluding hydrogens is 352 g/mol. The van der Waals surface area contributed by atoms with E-state index in [2.05, 4.69) is 15.9 Å². The number of hydrogen-bond acceptors (Lipinski definition) is 2. The number of esters is 1. The van der Waals surface area contributed by atoms with E-state index < -0.39 is 0 Å². The highest BCUT2D eigenvalue weighted by Crippen LogP contribution is 2.61. The van der Waals surface area contributed by atoms with E-state index in [-0.39, 0.29) is 5.97 Å². The van der Waals surface area contributed by atoms with Crippen molar-refractivity contribution >= 4 is 21.9 Å². The fraction of sp³-hybridized carbons (Fsp3) is 0.950. The molecule has 4 fully saturated rings. The first-order valence-corrected chi connectivity index (χ1v) is 11.0. The molecule has 0 aliphatic heterocycles. The molecule has 0 amide bonds. The number of alkyl halides is 1. The van der Waals surface area contributed by atoms with Crippen LogP contribution in [0.4, 0.5) is 0 Å². The maximum atomic E-state index is 11.9. The zero-order valence-electron chi connectivity index (χ0n) is 14.5. The molecule has 0 radical (unpaired) electrons. The number of carbonyl (C=O) groups is 1. The van der Waals surface area contributed by atoms with Crippen LogP contribution < -0.4 is 0 Å². The van der Waals surface area contributed by atoms with Crippen molar-refractivity contribution in [2.45, 2.75) is 83.5 Å². The Morgan fingerprint density at radius 2 is 1.48 bits per heavy atom. The monoisotopic (exact) mass is 384 g/mol. The Bertz CT molecular complexity index is 358. The topological polar surface area (TPSA) is 26.3 Å². The molecule has 2 nitrogen and oxygen atoms in total. The molecule has 0 aromatic rings. The van der Waals surface area contributed by atoms with Crippen molar-refractivity contribution in [3.63, 3.8) is 0 Å². The summed E-state index contributed by atoms with van der Waals surface area (Å²) >= 11 is 3.45. The van der Waals surface area contributed by atoms with Crippen LogP contribution in [0.1, 0.15) is 83.5 Å². The third kappa shape index (κ3) is 4.96. The molecule has 0 atom stereocenters. The minimum Gasteiger partial charge on any atom is -0.466 e. The standard InChI is InChI=1S/C20H33BrO2/c21-8-5-3-1-2-4-6-19(22)23-9-7-20-13-16-10-17(14-20)12-18(11-16)15-20/h16-18H,1-15H2. The lowest BCUT2D eigenvalue weighted by atomic mass is 9.49. The SMILES string of the molecule is O=C(CCCCCCCBr)OCCC12CC3CC(CC(C3)C1)C2. The van der Waals surface area contributed by atoms with E-state index in [1.54, 1.807) is 0 Å². The molecular formula is C20H33BrO2. The van der Waals surface area contributed by atoms with Gasteiger partial charge in [-0.25, -0.2) is 0 Å². The number of rotatable bonds is 10. The summed E-state index contributed by atoms with van der Waals surface area (Å²) < 4.78 is 5.56. The average Bonchev–Trinajstić information content (AvgIpc) is 2.49. The zero-order chi connectivity index (χ0) is 16.1. The molecule has 0 heterocycles. The van der Waals surface area contributed by atoms with Gasteiger partial charge in [0.15, 0.2) is 0 Å². The van der Waals surface area contributed by atoms with Crippen LogP contribution in [-0.4, -0.2) is 17.9 Å². The van der Waals surface area contributed by atoms with Crippen molar-refractivity contribution in [1.82, 2.24) is 0 Å². The Labute approximate surface area is 150 Å². The van der Waals surface area contributed by atoms with Crippen LogP contribution in [0.25, 0.3) is 0 Å². The molecule has 4 aliphatic rings. The van der Waals surface area contributed by atoms with Crippen LogP contribution in [0.5, 0.6) is 0 Å². The van der Waals surface area contributed by atoms with Gasteiger partial charge >= 0.3 is 5.97 Å². The zero-order valence-corrected chi connectivity index (χ0v) is 16.1. The predicted molar refractivity (Wildman–Crippen MR) is 97.7 cm³/mol. The molecule has 4 bridgehead atoms. The van der Waals surface area contributed by atoms with E-state index in [0.29, 0.717) is 18.4 Å². The maximum absolute atomic E-state index is 11.9. The lowest BCUT2D eigenvalue weighted by Crippen LogP contribution is -2.46. The molecule has 0 unspecified atom stereocenters. The highest BCUT2D eigenvalue weighted by atomic mass is 79.9. The summed E-state index contributed by atoms with van der Waals surface area (Å²) in [5, 5.41) is 1.10. The molecule has 0 spiro atoms. The number of carbonyl (C=O) groups excluding carboxylic acids is 1. The summed E-state index contributed by atoms with van der Waals surface area (Å²) in [6.45, 7) is 0.675. The molecule has 0 N–H and O–H groups in total. The van der Waals surface area contributed by atoms with Gasteiger partial charge in [0, 0.05) is 11.8 Å². The van der Waals surface area contributed by atoms with Gasteiger partial charge in [0.1, 0.15) is 0 Å². The van der Waals surface area contributed by atoms with E-state index >= 15 is 0 Å². The molecule has 4 rings (SSSR count). The Morgan fingerprint density at radius 1 is 0.913 bits per heavy atom. The van der Waals surface area contributed by atoms with Crippen LogP contribution in [0.2, 0.25) is 0 Å². The van der Waals surface area contributed by atoms with E-state index in [0.717, 1.165) is 42.3 Å². The summed E-state index contributed by atoms with van der Waals surface area (Å²) in [6, 6.07) is 0. The third-order valence-electron chi connectivity index (χ3n) is 6.58. The number of unbranched alkanes of at least 4 members (excludes halogenated alkanes) is 4. The molecule has 4 saturated carbocycles. The molecule has 132 valence electrons. The second-order valence-electron chi connectivity index (χ2n) is 8.59. The van der Waals surface area contributed by atoms with Gasteiger partial charge in [-0.15, -0.1) is 0 Å². The quantitative estimate of drug-likeness (QED) is 0.267. The van der Waals surface area contributed by atoms with E-state index in [4.69, 9.17) is 4.74 Å². The molecule has 4 aliphatic carbocycles. The van der Waals surface area contributed by atoms with Crippen molar-refractivity contribution in [1.29, 1.82) is 0 Å². The largest absolute Gasteiger partial charge is 0.466 e. The van der Waals surface area contributed by atoms with Gasteiger partial charge in [0.25, 0.3) is 0 Å². The lowest BCUT2D eigenvalue weighted by molar-refractivity contribution is -0.146. The normalized spacial score (nSPS) is 34.7. The Morgan fingerprint density at radius 3 is 2.09 bits per heavy atom. The minimum absolute atomic E-state index is 0.0372. The highest BCUT2D eigenvalue weighted by molar-refractivity contribution is 9.09. The molecule has 23 heavy (non-hydrogen) atoms. The Balaban J connectivity index is 1.28. The predicted octanol–water partition coefficient (Wildman–Crippen LogP) is 5.87. The first kappa shape index (κ1) is 17.8. The van der Waals surface area contributed by atoms with Gasteiger partial charge < -0.3 is 4.74 Å². The van der Waals surface area contributed by atoms with Crippen LogP contribution in [0.15, 0.2) is 0 Å². The van der Waals surface area contributed by atoms with Gasteiger partial charge in [0.05, 0.1) is 6.61 Å². The first-order chi connectivity index (χ1) is 11.2. The van der Waals surface area contributed by atoms with Gasteiger partial charge in [-0.2, -0.15) is 0 Å². The molecule has 0 aromatic heterocycles. The Kier molecular flexibility index (Phi) is 6.46. The minimum atomic E-state index is 0.0372. The van der Waals surface area contributed by atoms with Gasteiger partial charge in [-0.05, 0) is 81.0 Å². The second kappa shape index (κ2) is 8.36. The summed E-state index contributed by atoms with van der Waals surface area (Å²) in [7, 11) is 0. The van der Waals surface area contributed by atoms with Crippen LogP contribution >= 0.6 is 15.9 Å². The van der Waals surface area contributed by atoms with Crippen molar-refractivity contribution in [3.05, 3.63) is 0 Å². The number of ether oxygens (including phenoxy) is 1. The average molecular weight is 385 g/mol. The van der Waals surface area contributed by atoms with Crippen LogP contribution in [-0.2, 0) is 9.53 Å². The molecule has 3 heteroatoms. The van der Waals surface area contributed by atoms with E-state index in [9.17, 15) is 4.79 Å². The van der Waals surface area contributed by atoms with Crippen LogP contribution in [0.3, 0.4) is 0 Å². The van der Waals surface area contributed by atoms with Crippen molar-refractivity contribution in [2.24, 2.45) is 23.2 Å². The van der Waals surface area contributed by atoms with E-state index in [1.165, 1.54) is 57.8 Å². The first-order valence-electron chi connectivity index (χ1n) is 9.91. The van der Waals surface area contributed by atoms with Crippen molar-refractivity contribution < 1.29 is 9.53 Å². The summed E-state index contributed by atoms with van der Waals surface area (Å²) in [6.07, 6.45) is 16.4. The summed E-state index contributed by atoms with van der Waals surface area (Å²) in [4.78, 5) is 11.9. The fourth-order valence-corrected chi connectivity index (χ4v) is 6.34. The molecule has 0 aromatic carbocycles. The van der Waals surface area contributed by atoms with Crippen LogP contribution in [0, 0.1) is 23.2 Å². The number of halogens is 1. The van der Waals surface area contributed by atoms with E-state index in [1.807, 2.05) is 0 Å². The Hall–Kier alpha value is -0.0500. The lowest BCUT2D eigenvalue weighted by Gasteiger charge is -2.57. The second-order valence-corrected chi connectivity index (χ2v) is 9.39. The smallest absolute Gasteiger partial charge is 0.305 e. The van der Waals surface area contributed by atoms with Gasteiger partial charge in [-0.1, -0.05) is 35.2 Å². The van der Waals surface area contributed by atoms with Crippen molar-refractivity contribution in [2.75, 3.05) is 11.9 Å². The number of hydrogen-bond donors (Lipinski definition) is 0. The fourth-order valence-electron chi connectivity index (χ4n) is 5.94. The molecule has 0 saturated heterocycles. The third-order valence-corrected chi connectivity index (χ3v) is 7.14. The van der Waals surface area contributed by atoms with Crippen molar-refractivity contribution in [3.8, 4) is 0 Å². The maximum Gasteiger partial charge on any atom is 0.305 e.